The highest BCUT2D eigenvalue weighted by molar-refractivity contribution is 14.1. The van der Waals surface area contributed by atoms with Gasteiger partial charge in [0.15, 0.2) is 5.76 Å². The Kier molecular flexibility index (Phi) is 6.08. The number of carbonyl (C=O) groups excluding carboxylic acids is 2. The van der Waals surface area contributed by atoms with E-state index in [1.165, 1.54) is 13.4 Å². The van der Waals surface area contributed by atoms with Crippen molar-refractivity contribution in [3.8, 4) is 5.75 Å². The van der Waals surface area contributed by atoms with E-state index in [2.05, 4.69) is 27.9 Å². The number of carbonyl (C=O) groups is 2. The Hall–Kier alpha value is -1.74. The normalized spacial score (nSPS) is 15.0. The highest BCUT2D eigenvalue weighted by Crippen LogP contribution is 2.28. The van der Waals surface area contributed by atoms with Crippen LogP contribution in [-0.2, 0) is 0 Å². The first-order valence-electron chi connectivity index (χ1n) is 8.16. The number of nitrogens with zero attached hydrogens (tertiary/aromatic N) is 1. The lowest BCUT2D eigenvalue weighted by molar-refractivity contribution is 0.0667. The molecular formula is C18H18ClIN2O4. The summed E-state index contributed by atoms with van der Waals surface area (Å²) in [7, 11) is 1.52. The molecule has 0 aliphatic carbocycles. The lowest BCUT2D eigenvalue weighted by atomic mass is 10.0. The molecule has 1 aliphatic rings. The Morgan fingerprint density at radius 3 is 2.69 bits per heavy atom. The first kappa shape index (κ1) is 19.0. The average Bonchev–Trinajstić information content (AvgIpc) is 3.18. The molecule has 1 saturated heterocycles. The van der Waals surface area contributed by atoms with Gasteiger partial charge >= 0.3 is 0 Å². The van der Waals surface area contributed by atoms with E-state index >= 15 is 0 Å². The monoisotopic (exact) mass is 488 g/mol. The number of piperidine rings is 1. The molecule has 0 atom stereocenters. The molecule has 8 heteroatoms. The average molecular weight is 489 g/mol. The molecule has 2 amide bonds. The first-order chi connectivity index (χ1) is 12.5. The van der Waals surface area contributed by atoms with Crippen molar-refractivity contribution in [2.75, 3.05) is 20.2 Å². The van der Waals surface area contributed by atoms with Crippen LogP contribution in [0.25, 0.3) is 0 Å². The Balaban J connectivity index is 1.60. The Morgan fingerprint density at radius 2 is 2.08 bits per heavy atom. The topological polar surface area (TPSA) is 71.8 Å². The number of hydrogen-bond donors (Lipinski definition) is 1. The van der Waals surface area contributed by atoms with Crippen LogP contribution in [0.5, 0.6) is 5.75 Å². The Bertz CT molecular complexity index is 802. The van der Waals surface area contributed by atoms with Crippen LogP contribution in [0.15, 0.2) is 34.9 Å². The van der Waals surface area contributed by atoms with Crippen molar-refractivity contribution in [3.63, 3.8) is 0 Å². The minimum atomic E-state index is -0.226. The molecule has 138 valence electrons. The van der Waals surface area contributed by atoms with Crippen molar-refractivity contribution < 1.29 is 18.7 Å². The first-order valence-corrected chi connectivity index (χ1v) is 9.62. The van der Waals surface area contributed by atoms with Crippen molar-refractivity contribution in [1.82, 2.24) is 10.2 Å². The van der Waals surface area contributed by atoms with Gasteiger partial charge in [-0.2, -0.15) is 0 Å². The molecule has 6 nitrogen and oxygen atoms in total. The van der Waals surface area contributed by atoms with Crippen LogP contribution >= 0.6 is 34.2 Å². The summed E-state index contributed by atoms with van der Waals surface area (Å²) < 4.78 is 11.3. The molecular weight excluding hydrogens is 471 g/mol. The summed E-state index contributed by atoms with van der Waals surface area (Å²) >= 11 is 8.23. The largest absolute Gasteiger partial charge is 0.496 e. The molecule has 1 aliphatic heterocycles. The van der Waals surface area contributed by atoms with Gasteiger partial charge in [-0.25, -0.2) is 0 Å². The number of amides is 2. The van der Waals surface area contributed by atoms with Gasteiger partial charge < -0.3 is 19.4 Å². The molecule has 0 unspecified atom stereocenters. The van der Waals surface area contributed by atoms with Gasteiger partial charge in [0.1, 0.15) is 5.75 Å². The van der Waals surface area contributed by atoms with Gasteiger partial charge in [-0.1, -0.05) is 11.6 Å². The fraction of sp³-hybridized carbons (Fsp3) is 0.333. The minimum absolute atomic E-state index is 0.00842. The van der Waals surface area contributed by atoms with Crippen LogP contribution in [0.3, 0.4) is 0 Å². The van der Waals surface area contributed by atoms with Crippen LogP contribution < -0.4 is 10.1 Å². The maximum Gasteiger partial charge on any atom is 0.289 e. The van der Waals surface area contributed by atoms with E-state index < -0.39 is 0 Å². The second kappa shape index (κ2) is 8.30. The van der Waals surface area contributed by atoms with Crippen molar-refractivity contribution in [1.29, 1.82) is 0 Å². The summed E-state index contributed by atoms with van der Waals surface area (Å²) in [5, 5.41) is 3.52. The van der Waals surface area contributed by atoms with Gasteiger partial charge in [0.2, 0.25) is 0 Å². The number of benzene rings is 1. The zero-order chi connectivity index (χ0) is 18.7. The summed E-state index contributed by atoms with van der Waals surface area (Å²) in [5.41, 5.74) is 0.409. The van der Waals surface area contributed by atoms with E-state index in [9.17, 15) is 9.59 Å². The molecule has 1 aromatic heterocycles. The third-order valence-electron chi connectivity index (χ3n) is 4.34. The van der Waals surface area contributed by atoms with E-state index in [4.69, 9.17) is 20.8 Å². The summed E-state index contributed by atoms with van der Waals surface area (Å²) in [6, 6.07) is 6.70. The van der Waals surface area contributed by atoms with Gasteiger partial charge in [-0.05, 0) is 59.7 Å². The van der Waals surface area contributed by atoms with Crippen LogP contribution in [0, 0.1) is 3.57 Å². The Labute approximate surface area is 170 Å². The molecule has 26 heavy (non-hydrogen) atoms. The number of halogens is 2. The molecule has 0 saturated carbocycles. The van der Waals surface area contributed by atoms with Crippen LogP contribution in [0.4, 0.5) is 0 Å². The number of likely N-dealkylation sites (tertiary alicyclic amines) is 1. The van der Waals surface area contributed by atoms with Gasteiger partial charge in [0.05, 0.1) is 24.0 Å². The van der Waals surface area contributed by atoms with Gasteiger partial charge in [0, 0.05) is 22.7 Å². The quantitative estimate of drug-likeness (QED) is 0.668. The SMILES string of the molecule is COc1cc(I)c(Cl)cc1C(=O)NC1CCN(C(=O)c2ccco2)CC1. The lowest BCUT2D eigenvalue weighted by Gasteiger charge is -2.32. The van der Waals surface area contributed by atoms with Crippen molar-refractivity contribution >= 4 is 46.0 Å². The number of rotatable bonds is 4. The van der Waals surface area contributed by atoms with Gasteiger partial charge in [0.25, 0.3) is 11.8 Å². The number of methoxy groups -OCH3 is 1. The number of hydrogen-bond acceptors (Lipinski definition) is 4. The summed E-state index contributed by atoms with van der Waals surface area (Å²) in [4.78, 5) is 26.6. The van der Waals surface area contributed by atoms with Gasteiger partial charge in [-0.15, -0.1) is 0 Å². The predicted molar refractivity (Wildman–Crippen MR) is 106 cm³/mol. The summed E-state index contributed by atoms with van der Waals surface area (Å²) in [6.45, 7) is 1.13. The minimum Gasteiger partial charge on any atom is -0.496 e. The summed E-state index contributed by atoms with van der Waals surface area (Å²) in [6.07, 6.45) is 2.84. The molecule has 0 radical (unpaired) electrons. The van der Waals surface area contributed by atoms with Crippen molar-refractivity contribution in [2.24, 2.45) is 0 Å². The van der Waals surface area contributed by atoms with E-state index in [1.807, 2.05) is 0 Å². The molecule has 0 bridgehead atoms. The molecule has 1 fully saturated rings. The number of ether oxygens (including phenoxy) is 1. The molecule has 0 spiro atoms. The molecule has 3 rings (SSSR count). The number of nitrogens with one attached hydrogen (secondary N) is 1. The second-order valence-corrected chi connectivity index (χ2v) is 7.55. The second-order valence-electron chi connectivity index (χ2n) is 5.98. The molecule has 2 heterocycles. The van der Waals surface area contributed by atoms with Gasteiger partial charge in [-0.3, -0.25) is 9.59 Å². The van der Waals surface area contributed by atoms with E-state index in [0.29, 0.717) is 48.0 Å². The lowest BCUT2D eigenvalue weighted by Crippen LogP contribution is -2.46. The van der Waals surface area contributed by atoms with Crippen LogP contribution in [0.1, 0.15) is 33.8 Å². The molecule has 2 aromatic rings. The fourth-order valence-electron chi connectivity index (χ4n) is 2.92. The van der Waals surface area contributed by atoms with Crippen molar-refractivity contribution in [2.45, 2.75) is 18.9 Å². The van der Waals surface area contributed by atoms with E-state index in [-0.39, 0.29) is 17.9 Å². The van der Waals surface area contributed by atoms with Crippen LogP contribution in [0.2, 0.25) is 5.02 Å². The molecule has 1 aromatic carbocycles. The predicted octanol–water partition coefficient (Wildman–Crippen LogP) is 3.58. The highest BCUT2D eigenvalue weighted by atomic mass is 127. The van der Waals surface area contributed by atoms with Crippen molar-refractivity contribution in [3.05, 3.63) is 50.4 Å². The third kappa shape index (κ3) is 4.15. The highest BCUT2D eigenvalue weighted by Gasteiger charge is 2.26. The zero-order valence-corrected chi connectivity index (χ0v) is 17.0. The standard InChI is InChI=1S/C18H18ClIN2O4/c1-25-16-10-14(20)13(19)9-12(16)17(23)21-11-4-6-22(7-5-11)18(24)15-3-2-8-26-15/h2-3,8-11H,4-7H2,1H3,(H,21,23). The maximum absolute atomic E-state index is 12.6. The Morgan fingerprint density at radius 1 is 1.35 bits per heavy atom. The zero-order valence-electron chi connectivity index (χ0n) is 14.1. The maximum atomic E-state index is 12.6. The smallest absolute Gasteiger partial charge is 0.289 e. The van der Waals surface area contributed by atoms with E-state index in [1.54, 1.807) is 29.2 Å². The van der Waals surface area contributed by atoms with Crippen LogP contribution in [-0.4, -0.2) is 43.0 Å². The third-order valence-corrected chi connectivity index (χ3v) is 5.86. The fourth-order valence-corrected chi connectivity index (χ4v) is 3.52. The summed E-state index contributed by atoms with van der Waals surface area (Å²) in [5.74, 6) is 0.481. The van der Waals surface area contributed by atoms with E-state index in [0.717, 1.165) is 3.57 Å². The molecule has 1 N–H and O–H groups in total. The number of furan rings is 1.